The van der Waals surface area contributed by atoms with Crippen LogP contribution in [0.4, 0.5) is 0 Å². The maximum Gasteiger partial charge on any atom is 0.252 e. The second-order valence-corrected chi connectivity index (χ2v) is 5.55. The van der Waals surface area contributed by atoms with E-state index in [1.165, 1.54) is 0 Å². The van der Waals surface area contributed by atoms with Crippen LogP contribution in [0.15, 0.2) is 67.6 Å². The Morgan fingerprint density at radius 1 is 1.12 bits per heavy atom. The van der Waals surface area contributed by atoms with Gasteiger partial charge >= 0.3 is 0 Å². The van der Waals surface area contributed by atoms with Crippen LogP contribution in [-0.2, 0) is 6.54 Å². The molecule has 0 fully saturated rings. The van der Waals surface area contributed by atoms with E-state index in [0.717, 1.165) is 11.3 Å². The number of carbonyl (C=O) groups excluding carboxylic acids is 1. The van der Waals surface area contributed by atoms with Gasteiger partial charge in [0, 0.05) is 55.8 Å². The Morgan fingerprint density at radius 2 is 2.08 bits per heavy atom. The highest BCUT2D eigenvalue weighted by atomic mass is 16.1. The van der Waals surface area contributed by atoms with Gasteiger partial charge in [-0.05, 0) is 18.2 Å². The molecule has 0 aliphatic heterocycles. The SMILES string of the molecule is O=C(NCCn1ccnc1-c1cnccn1)c1cc2ccccn2c1. The molecule has 0 aromatic carbocycles. The summed E-state index contributed by atoms with van der Waals surface area (Å²) >= 11 is 0. The molecular formula is C18H16N6O. The van der Waals surface area contributed by atoms with E-state index in [2.05, 4.69) is 20.3 Å². The number of aromatic nitrogens is 5. The number of imidazole rings is 1. The van der Waals surface area contributed by atoms with E-state index in [-0.39, 0.29) is 5.91 Å². The van der Waals surface area contributed by atoms with Crippen molar-refractivity contribution in [2.45, 2.75) is 6.54 Å². The van der Waals surface area contributed by atoms with Crippen LogP contribution in [0.2, 0.25) is 0 Å². The zero-order chi connectivity index (χ0) is 17.1. The van der Waals surface area contributed by atoms with Gasteiger partial charge in [0.15, 0.2) is 5.82 Å². The van der Waals surface area contributed by atoms with Crippen LogP contribution in [-0.4, -0.2) is 36.4 Å². The Bertz CT molecular complexity index is 972. The van der Waals surface area contributed by atoms with E-state index in [0.29, 0.717) is 24.3 Å². The van der Waals surface area contributed by atoms with Crippen molar-refractivity contribution in [2.75, 3.05) is 6.54 Å². The molecule has 0 atom stereocenters. The Labute approximate surface area is 144 Å². The highest BCUT2D eigenvalue weighted by Crippen LogP contribution is 2.13. The fourth-order valence-electron chi connectivity index (χ4n) is 2.71. The van der Waals surface area contributed by atoms with Gasteiger partial charge in [0.05, 0.1) is 11.8 Å². The molecule has 0 aliphatic carbocycles. The lowest BCUT2D eigenvalue weighted by atomic mass is 10.3. The summed E-state index contributed by atoms with van der Waals surface area (Å²) < 4.78 is 3.87. The Kier molecular flexibility index (Phi) is 3.96. The number of hydrogen-bond acceptors (Lipinski definition) is 4. The predicted molar refractivity (Wildman–Crippen MR) is 93.0 cm³/mol. The first-order chi connectivity index (χ1) is 12.3. The number of hydrogen-bond donors (Lipinski definition) is 1. The average Bonchev–Trinajstić information content (AvgIpc) is 3.29. The first kappa shape index (κ1) is 15.1. The smallest absolute Gasteiger partial charge is 0.252 e. The minimum absolute atomic E-state index is 0.0927. The van der Waals surface area contributed by atoms with Crippen molar-refractivity contribution < 1.29 is 4.79 Å². The second kappa shape index (κ2) is 6.56. The minimum atomic E-state index is -0.0927. The Hall–Kier alpha value is -3.48. The number of nitrogens with one attached hydrogen (secondary N) is 1. The van der Waals surface area contributed by atoms with E-state index in [1.807, 2.05) is 51.8 Å². The lowest BCUT2D eigenvalue weighted by molar-refractivity contribution is 0.0952. The molecule has 0 unspecified atom stereocenters. The van der Waals surface area contributed by atoms with Gasteiger partial charge in [0.1, 0.15) is 5.69 Å². The third-order valence-corrected chi connectivity index (χ3v) is 3.91. The summed E-state index contributed by atoms with van der Waals surface area (Å²) in [4.78, 5) is 25.0. The third kappa shape index (κ3) is 3.12. The first-order valence-corrected chi connectivity index (χ1v) is 7.94. The molecule has 7 nitrogen and oxygen atoms in total. The third-order valence-electron chi connectivity index (χ3n) is 3.91. The molecule has 1 amide bonds. The molecule has 25 heavy (non-hydrogen) atoms. The van der Waals surface area contributed by atoms with E-state index in [1.54, 1.807) is 24.8 Å². The summed E-state index contributed by atoms with van der Waals surface area (Å²) in [6.45, 7) is 1.10. The molecule has 0 spiro atoms. The van der Waals surface area contributed by atoms with Crippen LogP contribution in [0.1, 0.15) is 10.4 Å². The number of amides is 1. The number of carbonyl (C=O) groups is 1. The van der Waals surface area contributed by atoms with Crippen molar-refractivity contribution in [3.05, 3.63) is 73.2 Å². The molecule has 4 heterocycles. The molecule has 124 valence electrons. The number of fused-ring (bicyclic) bond motifs is 1. The van der Waals surface area contributed by atoms with Gasteiger partial charge in [-0.25, -0.2) is 9.97 Å². The fourth-order valence-corrected chi connectivity index (χ4v) is 2.71. The topological polar surface area (TPSA) is 77.1 Å². The summed E-state index contributed by atoms with van der Waals surface area (Å²) in [5, 5.41) is 2.94. The monoisotopic (exact) mass is 332 g/mol. The molecule has 0 saturated heterocycles. The van der Waals surface area contributed by atoms with E-state index in [4.69, 9.17) is 0 Å². The molecule has 0 bridgehead atoms. The van der Waals surface area contributed by atoms with Crippen LogP contribution < -0.4 is 5.32 Å². The molecule has 0 saturated carbocycles. The molecule has 1 N–H and O–H groups in total. The average molecular weight is 332 g/mol. The van der Waals surface area contributed by atoms with Crippen LogP contribution in [0.25, 0.3) is 17.0 Å². The first-order valence-electron chi connectivity index (χ1n) is 7.94. The zero-order valence-corrected chi connectivity index (χ0v) is 13.4. The van der Waals surface area contributed by atoms with Crippen molar-refractivity contribution in [3.63, 3.8) is 0 Å². The second-order valence-electron chi connectivity index (χ2n) is 5.55. The number of nitrogens with zero attached hydrogens (tertiary/aromatic N) is 5. The summed E-state index contributed by atoms with van der Waals surface area (Å²) in [6, 6.07) is 7.72. The maximum atomic E-state index is 12.3. The van der Waals surface area contributed by atoms with Gasteiger partial charge in [-0.15, -0.1) is 0 Å². The molecular weight excluding hydrogens is 316 g/mol. The largest absolute Gasteiger partial charge is 0.350 e. The molecule has 4 aromatic rings. The van der Waals surface area contributed by atoms with Crippen LogP contribution in [0, 0.1) is 0 Å². The zero-order valence-electron chi connectivity index (χ0n) is 13.4. The molecule has 0 aliphatic rings. The number of pyridine rings is 1. The van der Waals surface area contributed by atoms with E-state index in [9.17, 15) is 4.79 Å². The van der Waals surface area contributed by atoms with Crippen molar-refractivity contribution in [1.82, 2.24) is 29.2 Å². The lowest BCUT2D eigenvalue weighted by Crippen LogP contribution is -2.27. The van der Waals surface area contributed by atoms with Gasteiger partial charge in [0.2, 0.25) is 0 Å². The van der Waals surface area contributed by atoms with Crippen molar-refractivity contribution in [1.29, 1.82) is 0 Å². The highest BCUT2D eigenvalue weighted by molar-refractivity contribution is 5.95. The minimum Gasteiger partial charge on any atom is -0.350 e. The summed E-state index contributed by atoms with van der Waals surface area (Å²) in [5.41, 5.74) is 2.34. The number of rotatable bonds is 5. The van der Waals surface area contributed by atoms with E-state index < -0.39 is 0 Å². The predicted octanol–water partition coefficient (Wildman–Crippen LogP) is 2.02. The standard InChI is InChI=1S/C18H16N6O/c25-18(14-11-15-3-1-2-8-24(15)13-14)22-7-10-23-9-6-21-17(23)16-12-19-4-5-20-16/h1-6,8-9,11-13H,7,10H2,(H,22,25). The van der Waals surface area contributed by atoms with Gasteiger partial charge in [-0.1, -0.05) is 6.07 Å². The quantitative estimate of drug-likeness (QED) is 0.606. The van der Waals surface area contributed by atoms with Gasteiger partial charge in [-0.2, -0.15) is 0 Å². The normalized spacial score (nSPS) is 10.9. The van der Waals surface area contributed by atoms with Gasteiger partial charge in [-0.3, -0.25) is 9.78 Å². The summed E-state index contributed by atoms with van der Waals surface area (Å²) in [7, 11) is 0. The Morgan fingerprint density at radius 3 is 2.92 bits per heavy atom. The van der Waals surface area contributed by atoms with Crippen molar-refractivity contribution in [2.24, 2.45) is 0 Å². The molecule has 7 heteroatoms. The van der Waals surface area contributed by atoms with Gasteiger partial charge in [0.25, 0.3) is 5.91 Å². The lowest BCUT2D eigenvalue weighted by Gasteiger charge is -2.08. The van der Waals surface area contributed by atoms with Crippen LogP contribution >= 0.6 is 0 Å². The van der Waals surface area contributed by atoms with Crippen molar-refractivity contribution >= 4 is 11.4 Å². The molecule has 0 radical (unpaired) electrons. The van der Waals surface area contributed by atoms with Crippen LogP contribution in [0.5, 0.6) is 0 Å². The van der Waals surface area contributed by atoms with Gasteiger partial charge < -0.3 is 14.3 Å². The summed E-state index contributed by atoms with van der Waals surface area (Å²) in [6.07, 6.45) is 12.3. The van der Waals surface area contributed by atoms with E-state index >= 15 is 0 Å². The Balaban J connectivity index is 1.41. The maximum absolute atomic E-state index is 12.3. The molecule has 4 rings (SSSR count). The summed E-state index contributed by atoms with van der Waals surface area (Å²) in [5.74, 6) is 0.641. The van der Waals surface area contributed by atoms with Crippen molar-refractivity contribution in [3.8, 4) is 11.5 Å². The molecule has 4 aromatic heterocycles. The highest BCUT2D eigenvalue weighted by Gasteiger charge is 2.10. The van der Waals surface area contributed by atoms with Crippen LogP contribution in [0.3, 0.4) is 0 Å². The fraction of sp³-hybridized carbons (Fsp3) is 0.111.